The minimum atomic E-state index is -0.143. The van der Waals surface area contributed by atoms with Gasteiger partial charge in [-0.15, -0.1) is 0 Å². The average molecular weight is 327 g/mol. The lowest BCUT2D eigenvalue weighted by atomic mass is 9.89. The number of amidine groups is 1. The Morgan fingerprint density at radius 1 is 1.17 bits per heavy atom. The number of allylic oxidation sites excluding steroid dienone is 1. The molecule has 6 heteroatoms. The van der Waals surface area contributed by atoms with Crippen molar-refractivity contribution < 1.29 is 0 Å². The van der Waals surface area contributed by atoms with Gasteiger partial charge in [-0.25, -0.2) is 14.7 Å². The lowest BCUT2D eigenvalue weighted by Gasteiger charge is -2.31. The van der Waals surface area contributed by atoms with Crippen molar-refractivity contribution in [2.75, 3.05) is 0 Å². The summed E-state index contributed by atoms with van der Waals surface area (Å²) in [6.45, 7) is 8.50. The molecule has 23 heavy (non-hydrogen) atoms. The maximum absolute atomic E-state index is 6.13. The SMILES string of the molecule is Cc1ccc(C2SC(N)=NC(C(C)(C)C)=C2n2cncn2)cc1. The van der Waals surface area contributed by atoms with Gasteiger partial charge in [0.15, 0.2) is 5.17 Å². The Kier molecular flexibility index (Phi) is 4.02. The summed E-state index contributed by atoms with van der Waals surface area (Å²) in [7, 11) is 0. The highest BCUT2D eigenvalue weighted by Gasteiger charge is 2.33. The second kappa shape index (κ2) is 5.85. The molecule has 3 rings (SSSR count). The van der Waals surface area contributed by atoms with Crippen molar-refractivity contribution in [1.82, 2.24) is 14.8 Å². The van der Waals surface area contributed by atoms with Crippen LogP contribution in [-0.2, 0) is 0 Å². The van der Waals surface area contributed by atoms with E-state index >= 15 is 0 Å². The van der Waals surface area contributed by atoms with Crippen LogP contribution >= 0.6 is 11.8 Å². The Hall–Kier alpha value is -2.08. The normalized spacial score (nSPS) is 19.0. The van der Waals surface area contributed by atoms with Crippen LogP contribution in [0.25, 0.3) is 5.70 Å². The van der Waals surface area contributed by atoms with E-state index < -0.39 is 0 Å². The number of nitrogens with two attached hydrogens (primary N) is 1. The lowest BCUT2D eigenvalue weighted by Crippen LogP contribution is -2.24. The van der Waals surface area contributed by atoms with Crippen molar-refractivity contribution in [3.05, 3.63) is 53.7 Å². The molecule has 0 bridgehead atoms. The van der Waals surface area contributed by atoms with Crippen molar-refractivity contribution in [2.24, 2.45) is 16.1 Å². The predicted octanol–water partition coefficient (Wildman–Crippen LogP) is 3.60. The zero-order valence-corrected chi connectivity index (χ0v) is 14.6. The first kappa shape index (κ1) is 15.8. The van der Waals surface area contributed by atoms with E-state index in [2.05, 4.69) is 67.0 Å². The third-order valence-electron chi connectivity index (χ3n) is 3.71. The van der Waals surface area contributed by atoms with Crippen LogP contribution in [0.15, 0.2) is 47.6 Å². The minimum Gasteiger partial charge on any atom is -0.378 e. The summed E-state index contributed by atoms with van der Waals surface area (Å²) >= 11 is 1.55. The monoisotopic (exact) mass is 327 g/mol. The standard InChI is InChI=1S/C17H21N5S/c1-11-5-7-12(8-6-11)14-13(22-10-19-9-20-22)15(17(2,3)4)21-16(18)23-14/h5-10,14H,1-4H3,(H2,18,21). The number of rotatable bonds is 2. The molecule has 1 unspecified atom stereocenters. The molecular formula is C17H21N5S. The summed E-state index contributed by atoms with van der Waals surface area (Å²) in [5.41, 5.74) is 10.4. The molecule has 0 fully saturated rings. The molecule has 0 amide bonds. The second-order valence-electron chi connectivity index (χ2n) is 6.68. The quantitative estimate of drug-likeness (QED) is 0.915. The number of hydrogen-bond donors (Lipinski definition) is 1. The number of hydrogen-bond acceptors (Lipinski definition) is 5. The van der Waals surface area contributed by atoms with Crippen molar-refractivity contribution in [1.29, 1.82) is 0 Å². The van der Waals surface area contributed by atoms with Gasteiger partial charge in [-0.1, -0.05) is 62.4 Å². The number of aliphatic imine (C=N–C) groups is 1. The Balaban J connectivity index is 2.20. The summed E-state index contributed by atoms with van der Waals surface area (Å²) < 4.78 is 1.81. The number of nitrogens with zero attached hydrogens (tertiary/aromatic N) is 4. The van der Waals surface area contributed by atoms with E-state index in [1.165, 1.54) is 11.1 Å². The van der Waals surface area contributed by atoms with Gasteiger partial charge >= 0.3 is 0 Å². The van der Waals surface area contributed by atoms with Gasteiger partial charge < -0.3 is 5.73 Å². The predicted molar refractivity (Wildman–Crippen MR) is 95.8 cm³/mol. The number of aryl methyl sites for hydroxylation is 1. The number of thioether (sulfide) groups is 1. The van der Waals surface area contributed by atoms with E-state index in [-0.39, 0.29) is 10.7 Å². The van der Waals surface area contributed by atoms with Gasteiger partial charge in [0.1, 0.15) is 12.7 Å². The summed E-state index contributed by atoms with van der Waals surface area (Å²) in [5, 5.41) is 4.98. The van der Waals surface area contributed by atoms with Crippen LogP contribution in [0.3, 0.4) is 0 Å². The average Bonchev–Trinajstić information content (AvgIpc) is 3.00. The molecule has 120 valence electrons. The molecule has 1 aromatic carbocycles. The van der Waals surface area contributed by atoms with Crippen LogP contribution in [0.4, 0.5) is 0 Å². The fourth-order valence-electron chi connectivity index (χ4n) is 2.57. The molecular weight excluding hydrogens is 306 g/mol. The first-order chi connectivity index (χ1) is 10.9. The first-order valence-corrected chi connectivity index (χ1v) is 8.41. The van der Waals surface area contributed by atoms with E-state index in [4.69, 9.17) is 5.73 Å². The molecule has 2 N–H and O–H groups in total. The summed E-state index contributed by atoms with van der Waals surface area (Å²) in [6.07, 6.45) is 3.27. The van der Waals surface area contributed by atoms with Gasteiger partial charge in [0.05, 0.1) is 16.6 Å². The maximum Gasteiger partial charge on any atom is 0.159 e. The smallest absolute Gasteiger partial charge is 0.159 e. The topological polar surface area (TPSA) is 69.1 Å². The first-order valence-electron chi connectivity index (χ1n) is 7.53. The Labute approximate surface area is 140 Å². The van der Waals surface area contributed by atoms with Crippen molar-refractivity contribution >= 4 is 22.6 Å². The van der Waals surface area contributed by atoms with Crippen molar-refractivity contribution in [3.8, 4) is 0 Å². The minimum absolute atomic E-state index is 0.0454. The molecule has 0 radical (unpaired) electrons. The maximum atomic E-state index is 6.13. The molecule has 1 aromatic heterocycles. The largest absolute Gasteiger partial charge is 0.378 e. The highest BCUT2D eigenvalue weighted by atomic mass is 32.2. The van der Waals surface area contributed by atoms with Gasteiger partial charge in [0, 0.05) is 5.41 Å². The van der Waals surface area contributed by atoms with E-state index in [0.717, 1.165) is 11.4 Å². The highest BCUT2D eigenvalue weighted by Crippen LogP contribution is 2.47. The van der Waals surface area contributed by atoms with E-state index in [1.54, 1.807) is 24.4 Å². The Morgan fingerprint density at radius 2 is 1.87 bits per heavy atom. The number of benzene rings is 1. The van der Waals surface area contributed by atoms with E-state index in [0.29, 0.717) is 5.17 Å². The molecule has 1 aliphatic rings. The van der Waals surface area contributed by atoms with Gasteiger partial charge in [-0.2, -0.15) is 5.10 Å². The van der Waals surface area contributed by atoms with Crippen molar-refractivity contribution in [2.45, 2.75) is 32.9 Å². The summed E-state index contributed by atoms with van der Waals surface area (Å²) in [4.78, 5) is 8.74. The molecule has 1 aliphatic heterocycles. The number of aromatic nitrogens is 3. The molecule has 2 heterocycles. The molecule has 2 aromatic rings. The van der Waals surface area contributed by atoms with Crippen LogP contribution < -0.4 is 5.73 Å². The van der Waals surface area contributed by atoms with E-state index in [1.807, 2.05) is 4.68 Å². The van der Waals surface area contributed by atoms with Crippen LogP contribution in [0.1, 0.15) is 37.1 Å². The second-order valence-corrected chi connectivity index (χ2v) is 7.81. The highest BCUT2D eigenvalue weighted by molar-refractivity contribution is 8.14. The molecule has 0 spiro atoms. The zero-order chi connectivity index (χ0) is 16.6. The fourth-order valence-corrected chi connectivity index (χ4v) is 3.58. The molecule has 0 saturated heterocycles. The van der Waals surface area contributed by atoms with Crippen LogP contribution in [-0.4, -0.2) is 19.9 Å². The van der Waals surface area contributed by atoms with Crippen LogP contribution in [0.2, 0.25) is 0 Å². The third kappa shape index (κ3) is 3.17. The molecule has 1 atom stereocenters. The van der Waals surface area contributed by atoms with Crippen LogP contribution in [0, 0.1) is 12.3 Å². The van der Waals surface area contributed by atoms with E-state index in [9.17, 15) is 0 Å². The fraction of sp³-hybridized carbons (Fsp3) is 0.353. The lowest BCUT2D eigenvalue weighted by molar-refractivity contribution is 0.494. The Morgan fingerprint density at radius 3 is 2.43 bits per heavy atom. The zero-order valence-electron chi connectivity index (χ0n) is 13.8. The Bertz CT molecular complexity index is 751. The van der Waals surface area contributed by atoms with Gasteiger partial charge in [0.25, 0.3) is 0 Å². The van der Waals surface area contributed by atoms with Gasteiger partial charge in [-0.05, 0) is 12.5 Å². The van der Waals surface area contributed by atoms with Gasteiger partial charge in [-0.3, -0.25) is 0 Å². The van der Waals surface area contributed by atoms with Crippen molar-refractivity contribution in [3.63, 3.8) is 0 Å². The summed E-state index contributed by atoms with van der Waals surface area (Å²) in [5.74, 6) is 0. The van der Waals surface area contributed by atoms with Crippen LogP contribution in [0.5, 0.6) is 0 Å². The molecule has 0 saturated carbocycles. The molecule has 5 nitrogen and oxygen atoms in total. The molecule has 0 aliphatic carbocycles. The van der Waals surface area contributed by atoms with Gasteiger partial charge in [0.2, 0.25) is 0 Å². The third-order valence-corrected chi connectivity index (χ3v) is 4.77. The summed E-state index contributed by atoms with van der Waals surface area (Å²) in [6, 6.07) is 8.52.